The van der Waals surface area contributed by atoms with Gasteiger partial charge in [-0.15, -0.1) is 0 Å². The van der Waals surface area contributed by atoms with Crippen molar-refractivity contribution in [1.29, 1.82) is 0 Å². The van der Waals surface area contributed by atoms with Crippen molar-refractivity contribution in [2.24, 2.45) is 5.73 Å². The van der Waals surface area contributed by atoms with Crippen LogP contribution in [0.5, 0.6) is 0 Å². The third-order valence-electron chi connectivity index (χ3n) is 2.50. The molecule has 80 valence electrons. The Kier molecular flexibility index (Phi) is 4.10. The molecule has 0 saturated carbocycles. The van der Waals surface area contributed by atoms with Crippen LogP contribution in [0.3, 0.4) is 0 Å². The fourth-order valence-electron chi connectivity index (χ4n) is 1.53. The molecule has 4 nitrogen and oxygen atoms in total. The normalized spacial score (nSPS) is 22.0. The van der Waals surface area contributed by atoms with Crippen molar-refractivity contribution in [2.75, 3.05) is 26.3 Å². The first kappa shape index (κ1) is 11.2. The molecule has 1 rings (SSSR count). The summed E-state index contributed by atoms with van der Waals surface area (Å²) in [5, 5.41) is 0. The zero-order chi connectivity index (χ0) is 10.6. The number of amides is 1. The molecule has 1 aliphatic heterocycles. The van der Waals surface area contributed by atoms with Gasteiger partial charge >= 0.3 is 0 Å². The van der Waals surface area contributed by atoms with E-state index in [1.165, 1.54) is 0 Å². The first-order valence-corrected chi connectivity index (χ1v) is 4.91. The Labute approximate surface area is 84.7 Å². The van der Waals surface area contributed by atoms with Crippen LogP contribution in [0.1, 0.15) is 13.8 Å². The van der Waals surface area contributed by atoms with E-state index in [4.69, 9.17) is 10.5 Å². The summed E-state index contributed by atoms with van der Waals surface area (Å²) < 4.78 is 5.25. The average molecular weight is 198 g/mol. The number of primary amides is 1. The van der Waals surface area contributed by atoms with E-state index in [1.54, 1.807) is 6.92 Å². The highest BCUT2D eigenvalue weighted by Gasteiger charge is 2.15. The second-order valence-corrected chi connectivity index (χ2v) is 3.60. The van der Waals surface area contributed by atoms with E-state index in [1.807, 2.05) is 6.08 Å². The zero-order valence-electron chi connectivity index (χ0n) is 8.82. The molecule has 0 aromatic rings. The van der Waals surface area contributed by atoms with Crippen molar-refractivity contribution in [3.8, 4) is 0 Å². The van der Waals surface area contributed by atoms with Crippen LogP contribution in [0, 0.1) is 0 Å². The van der Waals surface area contributed by atoms with Gasteiger partial charge in [0.15, 0.2) is 0 Å². The van der Waals surface area contributed by atoms with Gasteiger partial charge in [-0.1, -0.05) is 6.08 Å². The van der Waals surface area contributed by atoms with Crippen LogP contribution in [-0.2, 0) is 9.53 Å². The topological polar surface area (TPSA) is 55.6 Å². The van der Waals surface area contributed by atoms with Gasteiger partial charge in [-0.3, -0.25) is 9.69 Å². The van der Waals surface area contributed by atoms with Gasteiger partial charge in [-0.2, -0.15) is 0 Å². The standard InChI is InChI=1S/C10H18N2O2/c1-8(10(11)13)7-9(2)12-3-5-14-6-4-12/h7,9H,3-6H2,1-2H3,(H2,11,13)/b8-7+. The lowest BCUT2D eigenvalue weighted by molar-refractivity contribution is -0.114. The van der Waals surface area contributed by atoms with E-state index in [2.05, 4.69) is 11.8 Å². The molecule has 0 aromatic heterocycles. The van der Waals surface area contributed by atoms with E-state index in [9.17, 15) is 4.79 Å². The van der Waals surface area contributed by atoms with Crippen LogP contribution in [0.2, 0.25) is 0 Å². The van der Waals surface area contributed by atoms with E-state index in [0.29, 0.717) is 5.57 Å². The van der Waals surface area contributed by atoms with E-state index in [-0.39, 0.29) is 11.9 Å². The highest BCUT2D eigenvalue weighted by molar-refractivity contribution is 5.91. The quantitative estimate of drug-likeness (QED) is 0.656. The Bertz CT molecular complexity index is 232. The molecule has 0 spiro atoms. The number of morpholine rings is 1. The summed E-state index contributed by atoms with van der Waals surface area (Å²) in [6.07, 6.45) is 1.91. The molecule has 14 heavy (non-hydrogen) atoms. The molecule has 1 saturated heterocycles. The minimum atomic E-state index is -0.342. The Morgan fingerprint density at radius 2 is 2.07 bits per heavy atom. The van der Waals surface area contributed by atoms with Gasteiger partial charge in [0, 0.05) is 24.7 Å². The molecule has 0 bridgehead atoms. The third-order valence-corrected chi connectivity index (χ3v) is 2.50. The van der Waals surface area contributed by atoms with Gasteiger partial charge in [0.1, 0.15) is 0 Å². The van der Waals surface area contributed by atoms with E-state index < -0.39 is 0 Å². The Hall–Kier alpha value is -0.870. The molecular formula is C10H18N2O2. The maximum atomic E-state index is 10.8. The maximum Gasteiger partial charge on any atom is 0.244 e. The Balaban J connectivity index is 2.51. The second kappa shape index (κ2) is 5.12. The highest BCUT2D eigenvalue weighted by atomic mass is 16.5. The predicted molar refractivity (Wildman–Crippen MR) is 54.8 cm³/mol. The molecule has 1 fully saturated rings. The van der Waals surface area contributed by atoms with Crippen LogP contribution < -0.4 is 5.73 Å². The van der Waals surface area contributed by atoms with Crippen molar-refractivity contribution in [3.63, 3.8) is 0 Å². The summed E-state index contributed by atoms with van der Waals surface area (Å²) >= 11 is 0. The fourth-order valence-corrected chi connectivity index (χ4v) is 1.53. The summed E-state index contributed by atoms with van der Waals surface area (Å²) in [6.45, 7) is 7.20. The van der Waals surface area contributed by atoms with Crippen molar-refractivity contribution in [1.82, 2.24) is 4.90 Å². The number of hydrogen-bond acceptors (Lipinski definition) is 3. The molecule has 0 aromatic carbocycles. The lowest BCUT2D eigenvalue weighted by Crippen LogP contribution is -2.41. The van der Waals surface area contributed by atoms with Crippen LogP contribution in [0.25, 0.3) is 0 Å². The van der Waals surface area contributed by atoms with Crippen LogP contribution in [0.15, 0.2) is 11.6 Å². The number of rotatable bonds is 3. The number of hydrogen-bond donors (Lipinski definition) is 1. The molecule has 0 aliphatic carbocycles. The third kappa shape index (κ3) is 3.12. The van der Waals surface area contributed by atoms with Crippen LogP contribution >= 0.6 is 0 Å². The summed E-state index contributed by atoms with van der Waals surface area (Å²) in [7, 11) is 0. The summed E-state index contributed by atoms with van der Waals surface area (Å²) in [6, 6.07) is 0.256. The fraction of sp³-hybridized carbons (Fsp3) is 0.700. The van der Waals surface area contributed by atoms with Gasteiger partial charge in [-0.05, 0) is 13.8 Å². The lowest BCUT2D eigenvalue weighted by atomic mass is 10.1. The monoisotopic (exact) mass is 198 g/mol. The molecule has 1 aliphatic rings. The molecule has 4 heteroatoms. The molecule has 1 atom stereocenters. The number of carbonyl (C=O) groups is 1. The lowest BCUT2D eigenvalue weighted by Gasteiger charge is -2.30. The van der Waals surface area contributed by atoms with E-state index in [0.717, 1.165) is 26.3 Å². The zero-order valence-corrected chi connectivity index (χ0v) is 8.82. The smallest absolute Gasteiger partial charge is 0.244 e. The molecule has 1 amide bonds. The average Bonchev–Trinajstić information content (AvgIpc) is 2.19. The molecule has 1 heterocycles. The van der Waals surface area contributed by atoms with Crippen LogP contribution in [0.4, 0.5) is 0 Å². The second-order valence-electron chi connectivity index (χ2n) is 3.60. The summed E-state index contributed by atoms with van der Waals surface area (Å²) in [4.78, 5) is 13.1. The molecule has 0 radical (unpaired) electrons. The minimum Gasteiger partial charge on any atom is -0.379 e. The number of nitrogens with zero attached hydrogens (tertiary/aromatic N) is 1. The first-order chi connectivity index (χ1) is 6.61. The number of carbonyl (C=O) groups excluding carboxylic acids is 1. The van der Waals surface area contributed by atoms with Gasteiger partial charge in [0.05, 0.1) is 13.2 Å². The minimum absolute atomic E-state index is 0.256. The van der Waals surface area contributed by atoms with Crippen molar-refractivity contribution >= 4 is 5.91 Å². The number of nitrogens with two attached hydrogens (primary N) is 1. The molecule has 2 N–H and O–H groups in total. The Morgan fingerprint density at radius 1 is 1.50 bits per heavy atom. The maximum absolute atomic E-state index is 10.8. The molecular weight excluding hydrogens is 180 g/mol. The predicted octanol–water partition coefficient (Wildman–Crippen LogP) is 0.139. The van der Waals surface area contributed by atoms with Gasteiger partial charge < -0.3 is 10.5 Å². The van der Waals surface area contributed by atoms with E-state index >= 15 is 0 Å². The largest absolute Gasteiger partial charge is 0.379 e. The number of ether oxygens (including phenoxy) is 1. The van der Waals surface area contributed by atoms with Crippen molar-refractivity contribution in [2.45, 2.75) is 19.9 Å². The van der Waals surface area contributed by atoms with Crippen molar-refractivity contribution < 1.29 is 9.53 Å². The van der Waals surface area contributed by atoms with Crippen LogP contribution in [-0.4, -0.2) is 43.2 Å². The SMILES string of the molecule is C/C(=C\C(C)N1CCOCC1)C(N)=O. The first-order valence-electron chi connectivity index (χ1n) is 4.91. The van der Waals surface area contributed by atoms with Gasteiger partial charge in [0.2, 0.25) is 5.91 Å². The van der Waals surface area contributed by atoms with Gasteiger partial charge in [-0.25, -0.2) is 0 Å². The Morgan fingerprint density at radius 3 is 2.57 bits per heavy atom. The summed E-state index contributed by atoms with van der Waals surface area (Å²) in [5.41, 5.74) is 5.79. The van der Waals surface area contributed by atoms with Crippen molar-refractivity contribution in [3.05, 3.63) is 11.6 Å². The summed E-state index contributed by atoms with van der Waals surface area (Å²) in [5.74, 6) is -0.342. The van der Waals surface area contributed by atoms with Gasteiger partial charge in [0.25, 0.3) is 0 Å². The highest BCUT2D eigenvalue weighted by Crippen LogP contribution is 2.06. The molecule has 1 unspecified atom stereocenters.